The Balaban J connectivity index is 1.94. The van der Waals surface area contributed by atoms with Crippen molar-refractivity contribution in [2.75, 3.05) is 0 Å². The Bertz CT molecular complexity index is 577. The predicted octanol–water partition coefficient (Wildman–Crippen LogP) is 5.14. The molecule has 0 aliphatic heterocycles. The lowest BCUT2D eigenvalue weighted by atomic mass is 9.91. The second kappa shape index (κ2) is 5.10. The van der Waals surface area contributed by atoms with Crippen molar-refractivity contribution in [2.45, 2.75) is 70.6 Å². The average molecular weight is 300 g/mol. The standard InChI is InChI=1S/C19H29NSi/c1-19(2,3)20-21(4,5)18-12-8-11-16-15-10-7-6-9-14(15)13-17(16)18/h6-7,9-10,18,20H,8,11-13H2,1-5H3. The largest absolute Gasteiger partial charge is 0.332 e. The monoisotopic (exact) mass is 299 g/mol. The quantitative estimate of drug-likeness (QED) is 0.745. The van der Waals surface area contributed by atoms with Crippen LogP contribution in [0.5, 0.6) is 0 Å². The third-order valence-electron chi connectivity index (χ3n) is 5.02. The Morgan fingerprint density at radius 2 is 1.86 bits per heavy atom. The highest BCUT2D eigenvalue weighted by atomic mass is 28.3. The van der Waals surface area contributed by atoms with Gasteiger partial charge in [0, 0.05) is 5.54 Å². The molecule has 1 atom stereocenters. The van der Waals surface area contributed by atoms with E-state index in [0.717, 1.165) is 5.54 Å². The zero-order valence-electron chi connectivity index (χ0n) is 14.2. The molecule has 1 aromatic rings. The minimum atomic E-state index is -1.47. The Morgan fingerprint density at radius 3 is 2.57 bits per heavy atom. The van der Waals surface area contributed by atoms with E-state index in [9.17, 15) is 0 Å². The van der Waals surface area contributed by atoms with Gasteiger partial charge in [-0.25, -0.2) is 0 Å². The van der Waals surface area contributed by atoms with Gasteiger partial charge in [-0.15, -0.1) is 0 Å². The number of hydrogen-bond donors (Lipinski definition) is 1. The first kappa shape index (κ1) is 15.0. The van der Waals surface area contributed by atoms with Crippen LogP contribution in [0.15, 0.2) is 29.8 Å². The number of nitrogens with one attached hydrogen (secondary N) is 1. The molecule has 0 heterocycles. The van der Waals surface area contributed by atoms with E-state index in [4.69, 9.17) is 0 Å². The zero-order valence-corrected chi connectivity index (χ0v) is 15.2. The summed E-state index contributed by atoms with van der Waals surface area (Å²) in [4.78, 5) is 4.01. The molecule has 0 saturated heterocycles. The molecule has 0 amide bonds. The van der Waals surface area contributed by atoms with E-state index in [0.29, 0.717) is 0 Å². The molecule has 1 unspecified atom stereocenters. The minimum absolute atomic E-state index is 0.222. The first-order valence-electron chi connectivity index (χ1n) is 8.37. The normalized spacial score (nSPS) is 22.2. The molecule has 2 heteroatoms. The Kier molecular flexibility index (Phi) is 3.65. The van der Waals surface area contributed by atoms with Gasteiger partial charge in [0.2, 0.25) is 0 Å². The first-order valence-corrected chi connectivity index (χ1v) is 11.5. The fourth-order valence-electron chi connectivity index (χ4n) is 4.59. The van der Waals surface area contributed by atoms with Gasteiger partial charge >= 0.3 is 0 Å². The molecule has 0 radical (unpaired) electrons. The van der Waals surface area contributed by atoms with Gasteiger partial charge in [0.15, 0.2) is 0 Å². The highest BCUT2D eigenvalue weighted by Crippen LogP contribution is 2.49. The molecular formula is C19H29NSi. The van der Waals surface area contributed by atoms with Crippen LogP contribution in [0.1, 0.15) is 51.2 Å². The van der Waals surface area contributed by atoms with Crippen molar-refractivity contribution in [1.82, 2.24) is 4.98 Å². The summed E-state index contributed by atoms with van der Waals surface area (Å²) in [6.07, 6.45) is 5.25. The summed E-state index contributed by atoms with van der Waals surface area (Å²) >= 11 is 0. The van der Waals surface area contributed by atoms with Crippen molar-refractivity contribution in [3.63, 3.8) is 0 Å². The Labute approximate surface area is 130 Å². The number of hydrogen-bond acceptors (Lipinski definition) is 1. The molecule has 1 aromatic carbocycles. The molecule has 21 heavy (non-hydrogen) atoms. The van der Waals surface area contributed by atoms with Gasteiger partial charge in [-0.1, -0.05) is 42.9 Å². The second-order valence-electron chi connectivity index (χ2n) is 8.38. The lowest BCUT2D eigenvalue weighted by molar-refractivity contribution is 0.502. The number of benzene rings is 1. The van der Waals surface area contributed by atoms with Crippen LogP contribution >= 0.6 is 0 Å². The lowest BCUT2D eigenvalue weighted by Gasteiger charge is -2.42. The van der Waals surface area contributed by atoms with Crippen LogP contribution in [0, 0.1) is 0 Å². The Morgan fingerprint density at radius 1 is 1.14 bits per heavy atom. The molecule has 0 bridgehead atoms. The van der Waals surface area contributed by atoms with E-state index < -0.39 is 8.24 Å². The number of allylic oxidation sites excluding steroid dienone is 2. The molecule has 0 aromatic heterocycles. The van der Waals surface area contributed by atoms with Crippen molar-refractivity contribution >= 4 is 13.8 Å². The number of rotatable bonds is 2. The van der Waals surface area contributed by atoms with Crippen LogP contribution in [0.25, 0.3) is 5.57 Å². The molecule has 0 spiro atoms. The van der Waals surface area contributed by atoms with E-state index in [1.165, 1.54) is 25.7 Å². The summed E-state index contributed by atoms with van der Waals surface area (Å²) in [6.45, 7) is 12.0. The molecule has 1 nitrogen and oxygen atoms in total. The molecule has 1 N–H and O–H groups in total. The Hall–Kier alpha value is -0.863. The van der Waals surface area contributed by atoms with Crippen molar-refractivity contribution in [3.8, 4) is 0 Å². The van der Waals surface area contributed by atoms with Gasteiger partial charge in [-0.05, 0) is 68.7 Å². The van der Waals surface area contributed by atoms with E-state index in [1.54, 1.807) is 22.3 Å². The molecule has 114 valence electrons. The molecule has 3 rings (SSSR count). The van der Waals surface area contributed by atoms with E-state index in [1.807, 2.05) is 0 Å². The first-order chi connectivity index (χ1) is 9.78. The lowest BCUT2D eigenvalue weighted by Crippen LogP contribution is -2.57. The average Bonchev–Trinajstić information content (AvgIpc) is 2.74. The van der Waals surface area contributed by atoms with Gasteiger partial charge in [0.1, 0.15) is 8.24 Å². The van der Waals surface area contributed by atoms with Gasteiger partial charge in [0.05, 0.1) is 0 Å². The third kappa shape index (κ3) is 2.88. The summed E-state index contributed by atoms with van der Waals surface area (Å²) in [6, 6.07) is 9.07. The SMILES string of the molecule is CC(C)(C)N[Si](C)(C)C1CCCC2=C1Cc1ccccc12. The van der Waals surface area contributed by atoms with Crippen LogP contribution in [-0.2, 0) is 6.42 Å². The van der Waals surface area contributed by atoms with E-state index >= 15 is 0 Å². The minimum Gasteiger partial charge on any atom is -0.332 e. The fourth-order valence-corrected chi connectivity index (χ4v) is 8.77. The second-order valence-corrected chi connectivity index (χ2v) is 12.8. The van der Waals surface area contributed by atoms with E-state index in [2.05, 4.69) is 63.1 Å². The highest BCUT2D eigenvalue weighted by Gasteiger charge is 2.41. The van der Waals surface area contributed by atoms with Crippen LogP contribution in [0.3, 0.4) is 0 Å². The molecule has 0 saturated carbocycles. The fraction of sp³-hybridized carbons (Fsp3) is 0.579. The highest BCUT2D eigenvalue weighted by molar-refractivity contribution is 6.77. The van der Waals surface area contributed by atoms with Crippen molar-refractivity contribution in [3.05, 3.63) is 41.0 Å². The van der Waals surface area contributed by atoms with Crippen LogP contribution in [0.4, 0.5) is 0 Å². The summed E-state index contributed by atoms with van der Waals surface area (Å²) in [5.74, 6) is 0. The summed E-state index contributed by atoms with van der Waals surface area (Å²) in [5.41, 5.74) is 7.61. The number of fused-ring (bicyclic) bond motifs is 2. The smallest absolute Gasteiger partial charge is 0.127 e. The van der Waals surface area contributed by atoms with Crippen LogP contribution < -0.4 is 4.98 Å². The van der Waals surface area contributed by atoms with Gasteiger partial charge < -0.3 is 4.98 Å². The van der Waals surface area contributed by atoms with Gasteiger partial charge in [-0.2, -0.15) is 0 Å². The van der Waals surface area contributed by atoms with Gasteiger partial charge in [-0.3, -0.25) is 0 Å². The predicted molar refractivity (Wildman–Crippen MR) is 95.0 cm³/mol. The molecule has 2 aliphatic carbocycles. The van der Waals surface area contributed by atoms with Crippen molar-refractivity contribution in [1.29, 1.82) is 0 Å². The summed E-state index contributed by atoms with van der Waals surface area (Å²) in [5, 5.41) is 0. The van der Waals surface area contributed by atoms with Crippen LogP contribution in [0.2, 0.25) is 18.6 Å². The molecule has 2 aliphatic rings. The molecular weight excluding hydrogens is 270 g/mol. The maximum Gasteiger partial charge on any atom is 0.127 e. The van der Waals surface area contributed by atoms with Crippen molar-refractivity contribution < 1.29 is 0 Å². The van der Waals surface area contributed by atoms with Crippen molar-refractivity contribution in [2.24, 2.45) is 0 Å². The maximum absolute atomic E-state index is 4.01. The summed E-state index contributed by atoms with van der Waals surface area (Å²) < 4.78 is 0. The van der Waals surface area contributed by atoms with E-state index in [-0.39, 0.29) is 5.54 Å². The summed E-state index contributed by atoms with van der Waals surface area (Å²) in [7, 11) is -1.47. The maximum atomic E-state index is 4.01. The topological polar surface area (TPSA) is 12.0 Å². The third-order valence-corrected chi connectivity index (χ3v) is 8.79. The van der Waals surface area contributed by atoms with Gasteiger partial charge in [0.25, 0.3) is 0 Å². The van der Waals surface area contributed by atoms with Crippen LogP contribution in [-0.4, -0.2) is 13.8 Å². The molecule has 0 fully saturated rings. The zero-order chi connectivity index (χ0) is 15.3.